The Morgan fingerprint density at radius 3 is 2.29 bits per heavy atom. The van der Waals surface area contributed by atoms with E-state index in [1.807, 2.05) is 0 Å². The fourth-order valence-corrected chi connectivity index (χ4v) is 2.33. The Morgan fingerprint density at radius 1 is 1.29 bits per heavy atom. The topological polar surface area (TPSA) is 67.6 Å². The Bertz CT molecular complexity index is 296. The van der Waals surface area contributed by atoms with Gasteiger partial charge in [-0.05, 0) is 26.2 Å². The van der Waals surface area contributed by atoms with Gasteiger partial charge in [0.05, 0.1) is 19.3 Å². The second kappa shape index (κ2) is 10.6. The molecule has 1 atom stereocenters. The van der Waals surface area contributed by atoms with Gasteiger partial charge in [0.25, 0.3) is 0 Å². The molecule has 0 unspecified atom stereocenters. The maximum Gasteiger partial charge on any atom is 0.236 e. The van der Waals surface area contributed by atoms with Crippen LogP contribution in [0.1, 0.15) is 34.1 Å². The van der Waals surface area contributed by atoms with Crippen molar-refractivity contribution >= 4 is 30.7 Å². The first-order valence-electron chi connectivity index (χ1n) is 7.19. The first-order valence-corrected chi connectivity index (χ1v) is 7.19. The number of nitrogens with one attached hydrogen (secondary N) is 1. The van der Waals surface area contributed by atoms with Gasteiger partial charge in [-0.15, -0.1) is 24.8 Å². The third kappa shape index (κ3) is 8.21. The monoisotopic (exact) mass is 343 g/mol. The standard InChI is InChI=1S/C14H29N3O2.2ClH/c1-11(2)9-12(15)13(18)16-10-14(3,4)17-5-7-19-8-6-17;;/h11-12H,5-10,15H2,1-4H3,(H,16,18);2*1H/t12-;;/m0../s1. The quantitative estimate of drug-likeness (QED) is 0.765. The maximum atomic E-state index is 11.9. The average Bonchev–Trinajstić information content (AvgIpc) is 2.36. The normalized spacial score (nSPS) is 17.6. The summed E-state index contributed by atoms with van der Waals surface area (Å²) in [6, 6.07) is -0.402. The molecule has 0 aromatic rings. The molecule has 1 aliphatic rings. The molecule has 1 saturated heterocycles. The van der Waals surface area contributed by atoms with Crippen molar-refractivity contribution in [1.82, 2.24) is 10.2 Å². The maximum absolute atomic E-state index is 11.9. The fourth-order valence-electron chi connectivity index (χ4n) is 2.33. The molecule has 1 rings (SSSR count). The minimum atomic E-state index is -0.402. The molecule has 1 aliphatic heterocycles. The summed E-state index contributed by atoms with van der Waals surface area (Å²) in [5, 5.41) is 2.98. The van der Waals surface area contributed by atoms with Gasteiger partial charge in [-0.1, -0.05) is 13.8 Å². The molecule has 5 nitrogen and oxygen atoms in total. The number of carbonyl (C=O) groups is 1. The molecular weight excluding hydrogens is 313 g/mol. The predicted octanol–water partition coefficient (Wildman–Crippen LogP) is 1.43. The van der Waals surface area contributed by atoms with E-state index in [1.54, 1.807) is 0 Å². The molecule has 0 aliphatic carbocycles. The lowest BCUT2D eigenvalue weighted by atomic mass is 10.0. The van der Waals surface area contributed by atoms with Crippen molar-refractivity contribution in [3.8, 4) is 0 Å². The van der Waals surface area contributed by atoms with E-state index < -0.39 is 6.04 Å². The second-order valence-corrected chi connectivity index (χ2v) is 6.37. The molecule has 0 saturated carbocycles. The van der Waals surface area contributed by atoms with E-state index in [2.05, 4.69) is 37.9 Å². The van der Waals surface area contributed by atoms with Crippen molar-refractivity contribution in [2.45, 2.75) is 45.7 Å². The van der Waals surface area contributed by atoms with Crippen LogP contribution >= 0.6 is 24.8 Å². The number of hydrogen-bond acceptors (Lipinski definition) is 4. The Hall–Kier alpha value is -0.0700. The van der Waals surface area contributed by atoms with Crippen LogP contribution in [0.15, 0.2) is 0 Å². The summed E-state index contributed by atoms with van der Waals surface area (Å²) in [5.74, 6) is 0.392. The van der Waals surface area contributed by atoms with Crippen molar-refractivity contribution in [3.63, 3.8) is 0 Å². The molecule has 7 heteroatoms. The van der Waals surface area contributed by atoms with Gasteiger partial charge < -0.3 is 15.8 Å². The number of amides is 1. The van der Waals surface area contributed by atoms with Crippen LogP contribution in [0, 0.1) is 5.92 Å². The number of ether oxygens (including phenoxy) is 1. The van der Waals surface area contributed by atoms with Gasteiger partial charge in [-0.2, -0.15) is 0 Å². The Balaban J connectivity index is 0. The van der Waals surface area contributed by atoms with E-state index in [9.17, 15) is 4.79 Å². The average molecular weight is 344 g/mol. The van der Waals surface area contributed by atoms with Crippen LogP contribution in [0.3, 0.4) is 0 Å². The minimum absolute atomic E-state index is 0. The summed E-state index contributed by atoms with van der Waals surface area (Å²) in [6.07, 6.45) is 0.726. The fraction of sp³-hybridized carbons (Fsp3) is 0.929. The van der Waals surface area contributed by atoms with Crippen LogP contribution in [0.4, 0.5) is 0 Å². The third-order valence-electron chi connectivity index (χ3n) is 3.62. The van der Waals surface area contributed by atoms with Gasteiger partial charge in [0.2, 0.25) is 5.91 Å². The molecule has 128 valence electrons. The lowest BCUT2D eigenvalue weighted by molar-refractivity contribution is -0.123. The molecule has 1 heterocycles. The number of halogens is 2. The summed E-state index contributed by atoms with van der Waals surface area (Å²) in [4.78, 5) is 14.3. The zero-order valence-corrected chi connectivity index (χ0v) is 15.2. The van der Waals surface area contributed by atoms with Crippen LogP contribution < -0.4 is 11.1 Å². The highest BCUT2D eigenvalue weighted by atomic mass is 35.5. The molecule has 21 heavy (non-hydrogen) atoms. The summed E-state index contributed by atoms with van der Waals surface area (Å²) in [6.45, 7) is 12.4. The number of carbonyl (C=O) groups excluding carboxylic acids is 1. The van der Waals surface area contributed by atoms with Crippen LogP contribution in [0.2, 0.25) is 0 Å². The molecule has 0 spiro atoms. The van der Waals surface area contributed by atoms with Gasteiger partial charge in [0.1, 0.15) is 0 Å². The van der Waals surface area contributed by atoms with E-state index in [1.165, 1.54) is 0 Å². The van der Waals surface area contributed by atoms with Crippen molar-refractivity contribution in [2.24, 2.45) is 11.7 Å². The van der Waals surface area contributed by atoms with E-state index in [-0.39, 0.29) is 36.3 Å². The smallest absolute Gasteiger partial charge is 0.236 e. The van der Waals surface area contributed by atoms with Crippen LogP contribution in [0.25, 0.3) is 0 Å². The molecule has 1 fully saturated rings. The van der Waals surface area contributed by atoms with Crippen molar-refractivity contribution < 1.29 is 9.53 Å². The molecule has 3 N–H and O–H groups in total. The van der Waals surface area contributed by atoms with Crippen molar-refractivity contribution in [1.29, 1.82) is 0 Å². The zero-order valence-electron chi connectivity index (χ0n) is 13.6. The molecule has 0 radical (unpaired) electrons. The van der Waals surface area contributed by atoms with Gasteiger partial charge >= 0.3 is 0 Å². The van der Waals surface area contributed by atoms with Gasteiger partial charge in [0, 0.05) is 25.2 Å². The van der Waals surface area contributed by atoms with E-state index in [0.29, 0.717) is 12.5 Å². The van der Waals surface area contributed by atoms with Gasteiger partial charge in [-0.3, -0.25) is 9.69 Å². The number of nitrogens with two attached hydrogens (primary N) is 1. The Morgan fingerprint density at radius 2 is 1.81 bits per heavy atom. The molecule has 0 aromatic heterocycles. The summed E-state index contributed by atoms with van der Waals surface area (Å²) < 4.78 is 5.35. The van der Waals surface area contributed by atoms with Crippen LogP contribution in [-0.2, 0) is 9.53 Å². The lowest BCUT2D eigenvalue weighted by Gasteiger charge is -2.41. The van der Waals surface area contributed by atoms with E-state index >= 15 is 0 Å². The largest absolute Gasteiger partial charge is 0.379 e. The van der Waals surface area contributed by atoms with Crippen LogP contribution in [0.5, 0.6) is 0 Å². The SMILES string of the molecule is CC(C)C[C@H](N)C(=O)NCC(C)(C)N1CCOCC1.Cl.Cl. The number of hydrogen-bond donors (Lipinski definition) is 2. The number of morpholine rings is 1. The number of nitrogens with zero attached hydrogens (tertiary/aromatic N) is 1. The van der Waals surface area contributed by atoms with Gasteiger partial charge in [0.15, 0.2) is 0 Å². The molecule has 0 bridgehead atoms. The van der Waals surface area contributed by atoms with Crippen molar-refractivity contribution in [2.75, 3.05) is 32.8 Å². The highest BCUT2D eigenvalue weighted by Crippen LogP contribution is 2.15. The van der Waals surface area contributed by atoms with E-state index in [4.69, 9.17) is 10.5 Å². The minimum Gasteiger partial charge on any atom is -0.379 e. The highest BCUT2D eigenvalue weighted by molar-refractivity contribution is 5.85. The second-order valence-electron chi connectivity index (χ2n) is 6.37. The number of rotatable bonds is 6. The van der Waals surface area contributed by atoms with Gasteiger partial charge in [-0.25, -0.2) is 0 Å². The summed E-state index contributed by atoms with van der Waals surface area (Å²) >= 11 is 0. The van der Waals surface area contributed by atoms with Crippen LogP contribution in [-0.4, -0.2) is 55.2 Å². The third-order valence-corrected chi connectivity index (χ3v) is 3.62. The van der Waals surface area contributed by atoms with E-state index in [0.717, 1.165) is 32.7 Å². The summed E-state index contributed by atoms with van der Waals surface area (Å²) in [5.41, 5.74) is 5.82. The highest BCUT2D eigenvalue weighted by Gasteiger charge is 2.29. The summed E-state index contributed by atoms with van der Waals surface area (Å²) in [7, 11) is 0. The van der Waals surface area contributed by atoms with Crippen molar-refractivity contribution in [3.05, 3.63) is 0 Å². The zero-order chi connectivity index (χ0) is 14.5. The predicted molar refractivity (Wildman–Crippen MR) is 91.4 cm³/mol. The first kappa shape index (κ1) is 23.2. The molecular formula is C14H31Cl2N3O2. The Kier molecular flexibility index (Phi) is 11.7. The first-order chi connectivity index (χ1) is 8.83. The molecule has 1 amide bonds. The molecule has 0 aromatic carbocycles. The Labute approximate surface area is 141 Å². The lowest BCUT2D eigenvalue weighted by Crippen LogP contribution is -2.56.